The summed E-state index contributed by atoms with van der Waals surface area (Å²) in [6.07, 6.45) is 2.43. The molecule has 0 spiro atoms. The molecule has 3 aromatic rings. The molecule has 0 fully saturated rings. The second-order valence-corrected chi connectivity index (χ2v) is 6.94. The minimum absolute atomic E-state index is 0.000765. The molecule has 5 heteroatoms. The Balaban J connectivity index is 2.17. The van der Waals surface area contributed by atoms with Crippen molar-refractivity contribution in [3.05, 3.63) is 41.0 Å². The lowest BCUT2D eigenvalue weighted by Gasteiger charge is -2.16. The molecule has 1 unspecified atom stereocenters. The number of thiophene rings is 1. The summed E-state index contributed by atoms with van der Waals surface area (Å²) in [7, 11) is 0. The Hall–Kier alpha value is -1.98. The Morgan fingerprint density at radius 2 is 1.91 bits per heavy atom. The van der Waals surface area contributed by atoms with Gasteiger partial charge in [-0.05, 0) is 25.8 Å². The lowest BCUT2D eigenvalue weighted by molar-refractivity contribution is 0.271. The van der Waals surface area contributed by atoms with Crippen molar-refractivity contribution in [2.75, 3.05) is 11.9 Å². The third kappa shape index (κ3) is 3.07. The van der Waals surface area contributed by atoms with Gasteiger partial charge in [-0.2, -0.15) is 0 Å². The van der Waals surface area contributed by atoms with Gasteiger partial charge in [0, 0.05) is 10.4 Å². The minimum Gasteiger partial charge on any atom is -0.394 e. The maximum absolute atomic E-state index is 9.48. The van der Waals surface area contributed by atoms with Crippen LogP contribution in [0.2, 0.25) is 0 Å². The monoisotopic (exact) mass is 327 g/mol. The number of hydrogen-bond acceptors (Lipinski definition) is 5. The number of aryl methyl sites for hydroxylation is 2. The number of nitrogens with one attached hydrogen (secondary N) is 1. The average molecular weight is 327 g/mol. The molecular weight excluding hydrogens is 306 g/mol. The number of fused-ring (bicyclic) bond motifs is 1. The molecule has 0 aliphatic rings. The van der Waals surface area contributed by atoms with Crippen LogP contribution in [0.25, 0.3) is 21.3 Å². The fourth-order valence-corrected chi connectivity index (χ4v) is 3.70. The van der Waals surface area contributed by atoms with Crippen LogP contribution in [0.5, 0.6) is 0 Å². The summed E-state index contributed by atoms with van der Waals surface area (Å²) < 4.78 is 0. The first-order valence-corrected chi connectivity index (χ1v) is 8.64. The second-order valence-electron chi connectivity index (χ2n) is 5.73. The van der Waals surface area contributed by atoms with Crippen molar-refractivity contribution < 1.29 is 5.11 Å². The van der Waals surface area contributed by atoms with Crippen LogP contribution in [0.15, 0.2) is 30.6 Å². The van der Waals surface area contributed by atoms with Crippen molar-refractivity contribution in [2.45, 2.75) is 33.2 Å². The van der Waals surface area contributed by atoms with Crippen molar-refractivity contribution in [1.82, 2.24) is 9.97 Å². The van der Waals surface area contributed by atoms with E-state index in [1.807, 2.05) is 6.92 Å². The summed E-state index contributed by atoms with van der Waals surface area (Å²) in [5.74, 6) is 0.802. The first-order chi connectivity index (χ1) is 11.1. The highest BCUT2D eigenvalue weighted by atomic mass is 32.1. The number of aromatic nitrogens is 2. The summed E-state index contributed by atoms with van der Waals surface area (Å²) >= 11 is 1.68. The molecule has 0 bridgehead atoms. The zero-order valence-corrected chi connectivity index (χ0v) is 14.4. The number of hydrogen-bond donors (Lipinski definition) is 2. The molecule has 0 radical (unpaired) electrons. The van der Waals surface area contributed by atoms with Gasteiger partial charge >= 0.3 is 0 Å². The normalized spacial score (nSPS) is 12.5. The van der Waals surface area contributed by atoms with Gasteiger partial charge in [-0.25, -0.2) is 9.97 Å². The molecule has 0 aliphatic carbocycles. The van der Waals surface area contributed by atoms with Gasteiger partial charge in [0.1, 0.15) is 17.0 Å². The number of benzene rings is 1. The summed E-state index contributed by atoms with van der Waals surface area (Å²) in [5, 5.41) is 13.9. The van der Waals surface area contributed by atoms with E-state index < -0.39 is 0 Å². The quantitative estimate of drug-likeness (QED) is 0.739. The summed E-state index contributed by atoms with van der Waals surface area (Å²) in [6, 6.07) is 8.53. The Bertz CT molecular complexity index is 807. The van der Waals surface area contributed by atoms with Crippen LogP contribution in [0.4, 0.5) is 5.82 Å². The van der Waals surface area contributed by atoms with Gasteiger partial charge in [-0.1, -0.05) is 36.8 Å². The highest BCUT2D eigenvalue weighted by Crippen LogP contribution is 2.40. The summed E-state index contributed by atoms with van der Waals surface area (Å²) in [5.41, 5.74) is 3.60. The van der Waals surface area contributed by atoms with Gasteiger partial charge in [0.25, 0.3) is 0 Å². The highest BCUT2D eigenvalue weighted by Gasteiger charge is 2.18. The molecule has 2 heterocycles. The van der Waals surface area contributed by atoms with Gasteiger partial charge in [0.15, 0.2) is 0 Å². The van der Waals surface area contributed by atoms with Crippen LogP contribution in [0, 0.1) is 13.8 Å². The number of aliphatic hydroxyl groups is 1. The predicted octanol–water partition coefficient (Wildman–Crippen LogP) is 4.16. The fourth-order valence-electron chi connectivity index (χ4n) is 2.69. The van der Waals surface area contributed by atoms with Crippen LogP contribution in [0.1, 0.15) is 23.8 Å². The van der Waals surface area contributed by atoms with Gasteiger partial charge < -0.3 is 10.4 Å². The van der Waals surface area contributed by atoms with E-state index in [2.05, 4.69) is 53.4 Å². The van der Waals surface area contributed by atoms with E-state index in [1.165, 1.54) is 21.6 Å². The lowest BCUT2D eigenvalue weighted by atomic mass is 10.0. The lowest BCUT2D eigenvalue weighted by Crippen LogP contribution is -2.23. The van der Waals surface area contributed by atoms with Gasteiger partial charge in [0.2, 0.25) is 0 Å². The number of rotatable bonds is 5. The van der Waals surface area contributed by atoms with Crippen molar-refractivity contribution in [1.29, 1.82) is 0 Å². The van der Waals surface area contributed by atoms with Crippen molar-refractivity contribution in [3.8, 4) is 11.1 Å². The number of aliphatic hydroxyl groups excluding tert-OH is 1. The highest BCUT2D eigenvalue weighted by molar-refractivity contribution is 7.19. The number of anilines is 1. The van der Waals surface area contributed by atoms with E-state index in [0.29, 0.717) is 0 Å². The van der Waals surface area contributed by atoms with Crippen molar-refractivity contribution in [3.63, 3.8) is 0 Å². The first kappa shape index (κ1) is 15.9. The SMILES string of the molecule is CCC(CO)Nc1ncnc2sc(C)c(-c3ccc(C)cc3)c12. The van der Waals surface area contributed by atoms with E-state index in [0.717, 1.165) is 22.5 Å². The molecule has 0 saturated heterocycles. The number of nitrogens with zero attached hydrogens (tertiary/aromatic N) is 2. The zero-order chi connectivity index (χ0) is 16.4. The molecule has 2 aromatic heterocycles. The van der Waals surface area contributed by atoms with Gasteiger partial charge in [-0.15, -0.1) is 11.3 Å². The van der Waals surface area contributed by atoms with Crippen molar-refractivity contribution >= 4 is 27.4 Å². The molecule has 1 atom stereocenters. The zero-order valence-electron chi connectivity index (χ0n) is 13.6. The van der Waals surface area contributed by atoms with E-state index in [4.69, 9.17) is 0 Å². The molecule has 120 valence electrons. The van der Waals surface area contributed by atoms with Crippen LogP contribution in [0.3, 0.4) is 0 Å². The van der Waals surface area contributed by atoms with Crippen LogP contribution in [-0.4, -0.2) is 27.7 Å². The summed E-state index contributed by atoms with van der Waals surface area (Å²) in [6.45, 7) is 6.34. The third-order valence-electron chi connectivity index (χ3n) is 4.06. The van der Waals surface area contributed by atoms with E-state index >= 15 is 0 Å². The molecule has 0 saturated carbocycles. The smallest absolute Gasteiger partial charge is 0.139 e. The van der Waals surface area contributed by atoms with E-state index in [9.17, 15) is 5.11 Å². The first-order valence-electron chi connectivity index (χ1n) is 7.82. The molecule has 23 heavy (non-hydrogen) atoms. The van der Waals surface area contributed by atoms with Crippen LogP contribution in [-0.2, 0) is 0 Å². The Morgan fingerprint density at radius 1 is 1.17 bits per heavy atom. The van der Waals surface area contributed by atoms with E-state index in [1.54, 1.807) is 17.7 Å². The third-order valence-corrected chi connectivity index (χ3v) is 5.07. The standard InChI is InChI=1S/C18H21N3OS/c1-4-14(9-22)21-17-16-15(13-7-5-11(2)6-8-13)12(3)23-18(16)20-10-19-17/h5-8,10,14,22H,4,9H2,1-3H3,(H,19,20,21). The minimum atomic E-state index is -0.000765. The maximum atomic E-state index is 9.48. The molecule has 0 aliphatic heterocycles. The Kier molecular flexibility index (Phi) is 4.59. The molecular formula is C18H21N3OS. The Morgan fingerprint density at radius 3 is 2.57 bits per heavy atom. The average Bonchev–Trinajstić information content (AvgIpc) is 2.90. The fraction of sp³-hybridized carbons (Fsp3) is 0.333. The second kappa shape index (κ2) is 6.64. The predicted molar refractivity (Wildman–Crippen MR) is 97.1 cm³/mol. The molecule has 2 N–H and O–H groups in total. The summed E-state index contributed by atoms with van der Waals surface area (Å²) in [4.78, 5) is 11.1. The van der Waals surface area contributed by atoms with Crippen molar-refractivity contribution in [2.24, 2.45) is 0 Å². The van der Waals surface area contributed by atoms with E-state index in [-0.39, 0.29) is 12.6 Å². The Labute approximate surface area is 140 Å². The topological polar surface area (TPSA) is 58.0 Å². The largest absolute Gasteiger partial charge is 0.394 e. The van der Waals surface area contributed by atoms with Gasteiger partial charge in [-0.3, -0.25) is 0 Å². The molecule has 4 nitrogen and oxygen atoms in total. The van der Waals surface area contributed by atoms with Crippen LogP contribution >= 0.6 is 11.3 Å². The molecule has 0 amide bonds. The van der Waals surface area contributed by atoms with Gasteiger partial charge in [0.05, 0.1) is 18.0 Å². The molecule has 1 aromatic carbocycles. The maximum Gasteiger partial charge on any atom is 0.139 e. The molecule has 3 rings (SSSR count). The van der Waals surface area contributed by atoms with Crippen LogP contribution < -0.4 is 5.32 Å².